The summed E-state index contributed by atoms with van der Waals surface area (Å²) in [4.78, 5) is 60.1. The molecule has 6 rings (SSSR count). The Morgan fingerprint density at radius 2 is 0.759 bits per heavy atom. The van der Waals surface area contributed by atoms with Crippen LogP contribution >= 0.6 is 0 Å². The van der Waals surface area contributed by atoms with E-state index in [1.165, 1.54) is 0 Å². The molecule has 0 fully saturated rings. The molecule has 0 aliphatic carbocycles. The van der Waals surface area contributed by atoms with E-state index in [0.717, 1.165) is 22.3 Å². The third kappa shape index (κ3) is 9.77. The van der Waals surface area contributed by atoms with Crippen LogP contribution in [-0.2, 0) is 0 Å². The minimum absolute atomic E-state index is 0.125. The number of aromatic nitrogens is 2. The minimum Gasteiger partial charge on any atom is -0.344 e. The number of rotatable bonds is 12. The lowest BCUT2D eigenvalue weighted by Gasteiger charge is -2.14. The molecule has 2 atom stereocenters. The highest BCUT2D eigenvalue weighted by atomic mass is 16.2. The summed E-state index contributed by atoms with van der Waals surface area (Å²) in [7, 11) is 0. The third-order valence-corrected chi connectivity index (χ3v) is 8.53. The average Bonchev–Trinajstić information content (AvgIpc) is 3.21. The van der Waals surface area contributed by atoms with Gasteiger partial charge in [0.1, 0.15) is 22.8 Å². The quantitative estimate of drug-likeness (QED) is 0.0944. The molecule has 0 radical (unpaired) electrons. The number of amides is 4. The van der Waals surface area contributed by atoms with Crippen LogP contribution in [0.5, 0.6) is 0 Å². The van der Waals surface area contributed by atoms with Crippen molar-refractivity contribution >= 4 is 47.2 Å². The molecule has 0 spiro atoms. The van der Waals surface area contributed by atoms with Gasteiger partial charge < -0.3 is 21.3 Å². The first-order valence-electron chi connectivity index (χ1n) is 17.4. The van der Waals surface area contributed by atoms with Crippen LogP contribution in [-0.4, -0.2) is 33.6 Å². The molecule has 0 aliphatic rings. The number of hydrogen-bond donors (Lipinski definition) is 4. The maximum atomic E-state index is 13.0. The van der Waals surface area contributed by atoms with Gasteiger partial charge in [0.15, 0.2) is 0 Å². The van der Waals surface area contributed by atoms with Crippen LogP contribution in [0.3, 0.4) is 0 Å². The fraction of sp³-hybridized carbons (Fsp3) is 0.0909. The normalized spacial score (nSPS) is 12.0. The lowest BCUT2D eigenvalue weighted by molar-refractivity contribution is 0.0925. The summed E-state index contributed by atoms with van der Waals surface area (Å²) in [5.41, 5.74) is 5.45. The summed E-state index contributed by atoms with van der Waals surface area (Å²) in [5, 5.41) is 11.5. The second-order valence-electron chi connectivity index (χ2n) is 12.5. The molecular formula is C44H38N6O4. The topological polar surface area (TPSA) is 142 Å². The molecule has 54 heavy (non-hydrogen) atoms. The van der Waals surface area contributed by atoms with Crippen molar-refractivity contribution in [1.82, 2.24) is 20.6 Å². The second kappa shape index (κ2) is 17.3. The van der Waals surface area contributed by atoms with Gasteiger partial charge in [-0.05, 0) is 84.6 Å². The van der Waals surface area contributed by atoms with Gasteiger partial charge >= 0.3 is 0 Å². The van der Waals surface area contributed by atoms with Crippen molar-refractivity contribution in [3.8, 4) is 0 Å². The molecule has 2 unspecified atom stereocenters. The SMILES string of the molecule is CC(NC(=O)c1cccc(C(=O)Nc2ccc(/C=C/c3ccc(NC(=O)c4cccc(C(=O)NC(C)c5ccccc5)n4)cc3)cc2)n1)c1ccccc1. The number of pyridine rings is 2. The molecule has 10 nitrogen and oxygen atoms in total. The average molecular weight is 715 g/mol. The maximum absolute atomic E-state index is 13.0. The van der Waals surface area contributed by atoms with Crippen molar-refractivity contribution in [2.45, 2.75) is 25.9 Å². The molecule has 10 heteroatoms. The lowest BCUT2D eigenvalue weighted by atomic mass is 10.1. The number of carbonyl (C=O) groups is 4. The van der Waals surface area contributed by atoms with Crippen LogP contribution in [0.2, 0.25) is 0 Å². The van der Waals surface area contributed by atoms with Crippen molar-refractivity contribution in [3.63, 3.8) is 0 Å². The summed E-state index contributed by atoms with van der Waals surface area (Å²) >= 11 is 0. The fourth-order valence-corrected chi connectivity index (χ4v) is 5.50. The zero-order chi connectivity index (χ0) is 37.9. The Hall–Kier alpha value is -7.20. The smallest absolute Gasteiger partial charge is 0.274 e. The molecule has 2 aromatic heterocycles. The summed E-state index contributed by atoms with van der Waals surface area (Å²) < 4.78 is 0. The van der Waals surface area contributed by atoms with Gasteiger partial charge in [-0.25, -0.2) is 9.97 Å². The molecule has 0 aliphatic heterocycles. The largest absolute Gasteiger partial charge is 0.344 e. The van der Waals surface area contributed by atoms with Gasteiger partial charge in [0.2, 0.25) is 0 Å². The summed E-state index contributed by atoms with van der Waals surface area (Å²) in [6, 6.07) is 42.9. The molecule has 0 saturated heterocycles. The van der Waals surface area contributed by atoms with Crippen LogP contribution < -0.4 is 21.3 Å². The second-order valence-corrected chi connectivity index (χ2v) is 12.5. The van der Waals surface area contributed by atoms with E-state index in [1.54, 1.807) is 60.7 Å². The molecule has 6 aromatic rings. The maximum Gasteiger partial charge on any atom is 0.274 e. The highest BCUT2D eigenvalue weighted by Crippen LogP contribution is 2.18. The Bertz CT molecular complexity index is 2110. The van der Waals surface area contributed by atoms with Gasteiger partial charge in [0.05, 0.1) is 12.1 Å². The standard InChI is InChI=1S/C44H38N6O4/c1-29(33-11-5-3-6-12-33)45-41(51)37-15-9-17-39(49-37)43(53)47-35-25-21-31(22-26-35)19-20-32-23-27-36(28-24-32)48-44(54)40-18-10-16-38(50-40)42(52)46-30(2)34-13-7-4-8-14-34/h3-30H,1-2H3,(H,45,51)(H,46,52)(H,47,53)(H,48,54)/b20-19+. The van der Waals surface area contributed by atoms with Gasteiger partial charge in [-0.1, -0.05) is 109 Å². The van der Waals surface area contributed by atoms with Crippen molar-refractivity contribution in [2.24, 2.45) is 0 Å². The van der Waals surface area contributed by atoms with Gasteiger partial charge in [-0.3, -0.25) is 19.2 Å². The van der Waals surface area contributed by atoms with E-state index >= 15 is 0 Å². The van der Waals surface area contributed by atoms with Crippen LogP contribution in [0.15, 0.2) is 146 Å². The minimum atomic E-state index is -0.432. The Morgan fingerprint density at radius 1 is 0.426 bits per heavy atom. The van der Waals surface area contributed by atoms with E-state index < -0.39 is 11.8 Å². The molecule has 2 heterocycles. The first kappa shape index (κ1) is 36.6. The Labute approximate surface area is 313 Å². The Balaban J connectivity index is 0.995. The zero-order valence-corrected chi connectivity index (χ0v) is 29.7. The van der Waals surface area contributed by atoms with Crippen LogP contribution in [0.25, 0.3) is 12.2 Å². The van der Waals surface area contributed by atoms with E-state index in [-0.39, 0.29) is 46.7 Å². The monoisotopic (exact) mass is 714 g/mol. The number of nitrogens with zero attached hydrogens (tertiary/aromatic N) is 2. The summed E-state index contributed by atoms with van der Waals surface area (Å²) in [6.07, 6.45) is 3.86. The fourth-order valence-electron chi connectivity index (χ4n) is 5.50. The number of hydrogen-bond acceptors (Lipinski definition) is 6. The highest BCUT2D eigenvalue weighted by molar-refractivity contribution is 6.04. The first-order valence-corrected chi connectivity index (χ1v) is 17.4. The first-order chi connectivity index (χ1) is 26.2. The molecule has 4 amide bonds. The van der Waals surface area contributed by atoms with Crippen LogP contribution in [0.1, 0.15) is 90.1 Å². The number of carbonyl (C=O) groups excluding carboxylic acids is 4. The van der Waals surface area contributed by atoms with E-state index in [2.05, 4.69) is 31.2 Å². The Kier molecular flexibility index (Phi) is 11.8. The van der Waals surface area contributed by atoms with E-state index in [1.807, 2.05) is 111 Å². The van der Waals surface area contributed by atoms with E-state index in [9.17, 15) is 19.2 Å². The summed E-state index contributed by atoms with van der Waals surface area (Å²) in [5.74, 6) is -1.60. The number of anilines is 2. The number of nitrogens with one attached hydrogen (secondary N) is 4. The van der Waals surface area contributed by atoms with E-state index in [0.29, 0.717) is 11.4 Å². The van der Waals surface area contributed by atoms with Gasteiger partial charge in [0, 0.05) is 11.4 Å². The molecule has 268 valence electrons. The lowest BCUT2D eigenvalue weighted by Crippen LogP contribution is -2.28. The predicted octanol–water partition coefficient (Wildman–Crippen LogP) is 8.13. The van der Waals surface area contributed by atoms with E-state index in [4.69, 9.17) is 0 Å². The molecule has 0 saturated carbocycles. The number of benzene rings is 4. The molecule has 4 N–H and O–H groups in total. The van der Waals surface area contributed by atoms with Crippen molar-refractivity contribution in [3.05, 3.63) is 191 Å². The van der Waals surface area contributed by atoms with Crippen LogP contribution in [0, 0.1) is 0 Å². The molecular weight excluding hydrogens is 677 g/mol. The van der Waals surface area contributed by atoms with Gasteiger partial charge in [-0.15, -0.1) is 0 Å². The van der Waals surface area contributed by atoms with Crippen molar-refractivity contribution in [2.75, 3.05) is 10.6 Å². The third-order valence-electron chi connectivity index (χ3n) is 8.53. The summed E-state index contributed by atoms with van der Waals surface area (Å²) in [6.45, 7) is 3.78. The zero-order valence-electron chi connectivity index (χ0n) is 29.7. The van der Waals surface area contributed by atoms with Crippen molar-refractivity contribution in [1.29, 1.82) is 0 Å². The highest BCUT2D eigenvalue weighted by Gasteiger charge is 2.17. The molecule has 0 bridgehead atoms. The van der Waals surface area contributed by atoms with Crippen LogP contribution in [0.4, 0.5) is 11.4 Å². The predicted molar refractivity (Wildman–Crippen MR) is 211 cm³/mol. The van der Waals surface area contributed by atoms with Crippen molar-refractivity contribution < 1.29 is 19.2 Å². The van der Waals surface area contributed by atoms with Gasteiger partial charge in [0.25, 0.3) is 23.6 Å². The van der Waals surface area contributed by atoms with Gasteiger partial charge in [-0.2, -0.15) is 0 Å². The Morgan fingerprint density at radius 3 is 1.11 bits per heavy atom. The molecule has 4 aromatic carbocycles.